The van der Waals surface area contributed by atoms with E-state index in [2.05, 4.69) is 55.6 Å². The van der Waals surface area contributed by atoms with Gasteiger partial charge in [-0.2, -0.15) is 0 Å². The van der Waals surface area contributed by atoms with Crippen LogP contribution >= 0.6 is 0 Å². The lowest BCUT2D eigenvalue weighted by Crippen LogP contribution is -2.45. The van der Waals surface area contributed by atoms with Gasteiger partial charge in [-0.25, -0.2) is 0 Å². The van der Waals surface area contributed by atoms with E-state index < -0.39 is 12.1 Å². The minimum atomic E-state index is -0.870. The van der Waals surface area contributed by atoms with Crippen LogP contribution in [0.3, 0.4) is 0 Å². The third kappa shape index (κ3) is 33.7. The zero-order valence-corrected chi connectivity index (χ0v) is 30.6. The first-order valence-electron chi connectivity index (χ1n) is 19.9. The highest BCUT2D eigenvalue weighted by Gasteiger charge is 2.17. The van der Waals surface area contributed by atoms with Crippen molar-refractivity contribution in [1.29, 1.82) is 0 Å². The SMILES string of the molecule is CCCCCC/C=C/CC/C=C/CC/C=C/C(O)C(CO)NC(=O)CCCCCCCCC/C=C\CCCCCCCCCCC. The van der Waals surface area contributed by atoms with Crippen LogP contribution in [0.15, 0.2) is 48.6 Å². The number of hydrogen-bond acceptors (Lipinski definition) is 3. The second-order valence-corrected chi connectivity index (χ2v) is 13.3. The summed E-state index contributed by atoms with van der Waals surface area (Å²) >= 11 is 0. The number of hydrogen-bond donors (Lipinski definition) is 3. The lowest BCUT2D eigenvalue weighted by molar-refractivity contribution is -0.123. The molecule has 0 heterocycles. The molecule has 4 nitrogen and oxygen atoms in total. The number of allylic oxidation sites excluding steroid dienone is 7. The summed E-state index contributed by atoms with van der Waals surface area (Å²) in [5, 5.41) is 22.9. The Labute approximate surface area is 286 Å². The number of nitrogens with one attached hydrogen (secondary N) is 1. The smallest absolute Gasteiger partial charge is 0.220 e. The van der Waals surface area contributed by atoms with Gasteiger partial charge in [-0.15, -0.1) is 0 Å². The summed E-state index contributed by atoms with van der Waals surface area (Å²) in [5.74, 6) is -0.0846. The van der Waals surface area contributed by atoms with E-state index in [0.29, 0.717) is 6.42 Å². The molecular weight excluding hydrogens is 566 g/mol. The summed E-state index contributed by atoms with van der Waals surface area (Å²) in [7, 11) is 0. The van der Waals surface area contributed by atoms with Crippen molar-refractivity contribution >= 4 is 5.91 Å². The molecular formula is C42H77NO3. The number of amides is 1. The summed E-state index contributed by atoms with van der Waals surface area (Å²) in [4.78, 5) is 12.3. The van der Waals surface area contributed by atoms with E-state index in [9.17, 15) is 15.0 Å². The first kappa shape index (κ1) is 44.4. The Morgan fingerprint density at radius 3 is 1.28 bits per heavy atom. The Balaban J connectivity index is 3.66. The quantitative estimate of drug-likeness (QED) is 0.0475. The first-order chi connectivity index (χ1) is 22.7. The Bertz CT molecular complexity index is 741. The van der Waals surface area contributed by atoms with Gasteiger partial charge in [0, 0.05) is 6.42 Å². The molecule has 0 rings (SSSR count). The largest absolute Gasteiger partial charge is 0.394 e. The third-order valence-corrected chi connectivity index (χ3v) is 8.76. The van der Waals surface area contributed by atoms with Crippen molar-refractivity contribution in [2.75, 3.05) is 6.61 Å². The van der Waals surface area contributed by atoms with Gasteiger partial charge in [0.25, 0.3) is 0 Å². The molecule has 0 bridgehead atoms. The summed E-state index contributed by atoms with van der Waals surface area (Å²) in [6.07, 6.45) is 50.6. The van der Waals surface area contributed by atoms with Crippen molar-refractivity contribution in [3.63, 3.8) is 0 Å². The Kier molecular flexibility index (Phi) is 36.4. The molecule has 3 N–H and O–H groups in total. The number of carbonyl (C=O) groups is 1. The van der Waals surface area contributed by atoms with E-state index in [1.54, 1.807) is 6.08 Å². The van der Waals surface area contributed by atoms with Crippen molar-refractivity contribution in [2.24, 2.45) is 0 Å². The number of carbonyl (C=O) groups excluding carboxylic acids is 1. The van der Waals surface area contributed by atoms with Crippen molar-refractivity contribution in [1.82, 2.24) is 5.32 Å². The molecule has 0 aromatic carbocycles. The van der Waals surface area contributed by atoms with Crippen LogP contribution in [0.25, 0.3) is 0 Å². The molecule has 46 heavy (non-hydrogen) atoms. The monoisotopic (exact) mass is 644 g/mol. The molecule has 0 aliphatic rings. The normalized spacial score (nSPS) is 13.6. The lowest BCUT2D eigenvalue weighted by Gasteiger charge is -2.19. The van der Waals surface area contributed by atoms with E-state index >= 15 is 0 Å². The van der Waals surface area contributed by atoms with Gasteiger partial charge in [-0.3, -0.25) is 4.79 Å². The van der Waals surface area contributed by atoms with E-state index in [0.717, 1.165) is 38.5 Å². The van der Waals surface area contributed by atoms with E-state index in [1.807, 2.05) is 6.08 Å². The van der Waals surface area contributed by atoms with Crippen LogP contribution in [0.2, 0.25) is 0 Å². The van der Waals surface area contributed by atoms with Gasteiger partial charge in [-0.1, -0.05) is 165 Å². The minimum Gasteiger partial charge on any atom is -0.394 e. The molecule has 2 unspecified atom stereocenters. The molecule has 0 aromatic heterocycles. The predicted molar refractivity (Wildman–Crippen MR) is 202 cm³/mol. The molecule has 4 heteroatoms. The lowest BCUT2D eigenvalue weighted by atomic mass is 10.1. The van der Waals surface area contributed by atoms with E-state index in [4.69, 9.17) is 0 Å². The zero-order valence-electron chi connectivity index (χ0n) is 30.6. The molecule has 0 saturated carbocycles. The fourth-order valence-corrected chi connectivity index (χ4v) is 5.67. The van der Waals surface area contributed by atoms with Crippen molar-refractivity contribution in [3.05, 3.63) is 48.6 Å². The molecule has 0 radical (unpaired) electrons. The van der Waals surface area contributed by atoms with Gasteiger partial charge in [-0.05, 0) is 70.6 Å². The van der Waals surface area contributed by atoms with Crippen LogP contribution < -0.4 is 5.32 Å². The molecule has 0 spiro atoms. The second kappa shape index (κ2) is 37.8. The van der Waals surface area contributed by atoms with Crippen molar-refractivity contribution < 1.29 is 15.0 Å². The van der Waals surface area contributed by atoms with Crippen LogP contribution in [-0.2, 0) is 4.79 Å². The van der Waals surface area contributed by atoms with Crippen LogP contribution in [0.5, 0.6) is 0 Å². The summed E-state index contributed by atoms with van der Waals surface area (Å²) < 4.78 is 0. The average Bonchev–Trinajstić information content (AvgIpc) is 3.06. The molecule has 0 saturated heterocycles. The highest BCUT2D eigenvalue weighted by Crippen LogP contribution is 2.13. The second-order valence-electron chi connectivity index (χ2n) is 13.3. The summed E-state index contributed by atoms with van der Waals surface area (Å²) in [6, 6.07) is -0.646. The van der Waals surface area contributed by atoms with E-state index in [-0.39, 0.29) is 12.5 Å². The van der Waals surface area contributed by atoms with Gasteiger partial charge in [0.15, 0.2) is 0 Å². The standard InChI is InChI=1S/C42H77NO3/c1-3-5-7-9-11-13-15-17-19-20-21-22-23-24-26-28-30-32-34-36-38-42(46)43-40(39-44)41(45)37-35-33-31-29-27-25-18-16-14-12-10-8-6-4-2/h14,16,21-22,27,29,35,37,40-41,44-45H,3-13,15,17-20,23-26,28,30-34,36,38-39H2,1-2H3,(H,43,46)/b16-14+,22-21-,29-27+,37-35+. The molecule has 1 amide bonds. The van der Waals surface area contributed by atoms with Crippen LogP contribution in [-0.4, -0.2) is 34.9 Å². The van der Waals surface area contributed by atoms with Crippen molar-refractivity contribution in [2.45, 2.75) is 206 Å². The fourth-order valence-electron chi connectivity index (χ4n) is 5.67. The molecule has 0 aliphatic carbocycles. The van der Waals surface area contributed by atoms with Gasteiger partial charge >= 0.3 is 0 Å². The molecule has 2 atom stereocenters. The van der Waals surface area contributed by atoms with Crippen LogP contribution in [0.1, 0.15) is 194 Å². The average molecular weight is 644 g/mol. The topological polar surface area (TPSA) is 69.6 Å². The number of aliphatic hydroxyl groups is 2. The number of rotatable bonds is 35. The van der Waals surface area contributed by atoms with Gasteiger partial charge in [0.1, 0.15) is 0 Å². The molecule has 0 aromatic rings. The third-order valence-electron chi connectivity index (χ3n) is 8.76. The fraction of sp³-hybridized carbons (Fsp3) is 0.786. The van der Waals surface area contributed by atoms with Gasteiger partial charge < -0.3 is 15.5 Å². The number of unbranched alkanes of at least 4 members (excludes halogenated alkanes) is 22. The Morgan fingerprint density at radius 2 is 0.848 bits per heavy atom. The van der Waals surface area contributed by atoms with Crippen LogP contribution in [0, 0.1) is 0 Å². The Morgan fingerprint density at radius 1 is 0.500 bits per heavy atom. The predicted octanol–water partition coefficient (Wildman–Crippen LogP) is 12.0. The highest BCUT2D eigenvalue weighted by molar-refractivity contribution is 5.76. The molecule has 268 valence electrons. The van der Waals surface area contributed by atoms with Gasteiger partial charge in [0.2, 0.25) is 5.91 Å². The van der Waals surface area contributed by atoms with Crippen LogP contribution in [0.4, 0.5) is 0 Å². The maximum absolute atomic E-state index is 12.3. The maximum atomic E-state index is 12.3. The number of aliphatic hydroxyl groups excluding tert-OH is 2. The minimum absolute atomic E-state index is 0.0846. The summed E-state index contributed by atoms with van der Waals surface area (Å²) in [6.45, 7) is 4.26. The molecule has 0 fully saturated rings. The van der Waals surface area contributed by atoms with Gasteiger partial charge in [0.05, 0.1) is 18.8 Å². The van der Waals surface area contributed by atoms with E-state index in [1.165, 1.54) is 135 Å². The van der Waals surface area contributed by atoms with Crippen molar-refractivity contribution in [3.8, 4) is 0 Å². The first-order valence-corrected chi connectivity index (χ1v) is 19.9. The maximum Gasteiger partial charge on any atom is 0.220 e. The Hall–Kier alpha value is -1.65. The molecule has 0 aliphatic heterocycles. The highest BCUT2D eigenvalue weighted by atomic mass is 16.3. The summed E-state index contributed by atoms with van der Waals surface area (Å²) in [5.41, 5.74) is 0. The zero-order chi connectivity index (χ0) is 33.6.